The van der Waals surface area contributed by atoms with Crippen molar-refractivity contribution in [2.75, 3.05) is 20.3 Å². The number of hydrogen-bond acceptors (Lipinski definition) is 5. The summed E-state index contributed by atoms with van der Waals surface area (Å²) in [6, 6.07) is 12.6. The van der Waals surface area contributed by atoms with Crippen LogP contribution in [-0.4, -0.2) is 48.3 Å². The number of urea groups is 1. The molecule has 2 aromatic rings. The molecule has 7 nitrogen and oxygen atoms in total. The monoisotopic (exact) mass is 410 g/mol. The molecule has 1 fully saturated rings. The number of aryl methyl sites for hydroxylation is 2. The quantitative estimate of drug-likeness (QED) is 0.715. The van der Waals surface area contributed by atoms with Gasteiger partial charge in [-0.3, -0.25) is 9.69 Å². The number of imide groups is 1. The van der Waals surface area contributed by atoms with Gasteiger partial charge in [0.05, 0.1) is 13.7 Å². The largest absolute Gasteiger partial charge is 0.497 e. The molecule has 2 atom stereocenters. The summed E-state index contributed by atoms with van der Waals surface area (Å²) in [4.78, 5) is 27.1. The summed E-state index contributed by atoms with van der Waals surface area (Å²) in [5.74, 6) is 1.04. The predicted octanol–water partition coefficient (Wildman–Crippen LogP) is 2.53. The molecule has 2 N–H and O–H groups in total. The van der Waals surface area contributed by atoms with E-state index in [0.717, 1.165) is 40.2 Å². The summed E-state index contributed by atoms with van der Waals surface area (Å²) >= 11 is 0. The van der Waals surface area contributed by atoms with Crippen LogP contribution >= 0.6 is 0 Å². The van der Waals surface area contributed by atoms with Crippen molar-refractivity contribution in [3.8, 4) is 11.5 Å². The lowest BCUT2D eigenvalue weighted by Crippen LogP contribution is -2.47. The summed E-state index contributed by atoms with van der Waals surface area (Å²) in [5, 5.41) is 13.3. The summed E-state index contributed by atoms with van der Waals surface area (Å²) in [6.45, 7) is 1.82. The molecule has 158 valence electrons. The number of amides is 3. The minimum atomic E-state index is -1.08. The second-order valence-electron chi connectivity index (χ2n) is 7.91. The summed E-state index contributed by atoms with van der Waals surface area (Å²) in [5.41, 5.74) is 1.78. The Kier molecular flexibility index (Phi) is 5.39. The van der Waals surface area contributed by atoms with Crippen molar-refractivity contribution in [2.24, 2.45) is 0 Å². The fourth-order valence-corrected chi connectivity index (χ4v) is 4.30. The number of nitrogens with one attached hydrogen (secondary N) is 1. The van der Waals surface area contributed by atoms with Gasteiger partial charge in [0.15, 0.2) is 0 Å². The van der Waals surface area contributed by atoms with E-state index < -0.39 is 17.7 Å². The van der Waals surface area contributed by atoms with Crippen molar-refractivity contribution in [1.29, 1.82) is 0 Å². The van der Waals surface area contributed by atoms with Gasteiger partial charge in [-0.2, -0.15) is 0 Å². The first-order valence-corrected chi connectivity index (χ1v) is 10.1. The smallest absolute Gasteiger partial charge is 0.325 e. The van der Waals surface area contributed by atoms with Crippen molar-refractivity contribution in [1.82, 2.24) is 10.2 Å². The van der Waals surface area contributed by atoms with Crippen molar-refractivity contribution in [2.45, 2.75) is 37.8 Å². The zero-order valence-corrected chi connectivity index (χ0v) is 17.2. The molecule has 0 saturated carbocycles. The zero-order valence-electron chi connectivity index (χ0n) is 17.2. The molecule has 2 aromatic carbocycles. The van der Waals surface area contributed by atoms with E-state index in [0.29, 0.717) is 12.2 Å². The molecule has 2 aliphatic rings. The Morgan fingerprint density at radius 3 is 2.80 bits per heavy atom. The van der Waals surface area contributed by atoms with Crippen LogP contribution in [0.25, 0.3) is 0 Å². The van der Waals surface area contributed by atoms with E-state index in [2.05, 4.69) is 5.32 Å². The molecule has 1 aliphatic carbocycles. The highest BCUT2D eigenvalue weighted by Gasteiger charge is 2.54. The van der Waals surface area contributed by atoms with E-state index in [-0.39, 0.29) is 19.1 Å². The van der Waals surface area contributed by atoms with Crippen LogP contribution in [0.1, 0.15) is 29.5 Å². The first-order chi connectivity index (χ1) is 14.4. The van der Waals surface area contributed by atoms with Crippen LogP contribution in [0.4, 0.5) is 4.79 Å². The Morgan fingerprint density at radius 2 is 2.03 bits per heavy atom. The molecule has 1 aliphatic heterocycles. The van der Waals surface area contributed by atoms with Gasteiger partial charge in [0.2, 0.25) is 0 Å². The number of carbonyl (C=O) groups excluding carboxylic acids is 2. The van der Waals surface area contributed by atoms with Crippen LogP contribution in [0.2, 0.25) is 0 Å². The van der Waals surface area contributed by atoms with Crippen molar-refractivity contribution in [3.63, 3.8) is 0 Å². The van der Waals surface area contributed by atoms with Gasteiger partial charge in [-0.05, 0) is 67.1 Å². The van der Waals surface area contributed by atoms with Gasteiger partial charge in [-0.15, -0.1) is 0 Å². The van der Waals surface area contributed by atoms with E-state index in [4.69, 9.17) is 9.47 Å². The maximum absolute atomic E-state index is 13.3. The number of ether oxygens (including phenoxy) is 2. The Labute approximate surface area is 175 Å². The van der Waals surface area contributed by atoms with Crippen LogP contribution in [-0.2, 0) is 16.8 Å². The zero-order chi connectivity index (χ0) is 21.3. The second kappa shape index (κ2) is 7.99. The number of fused-ring (bicyclic) bond motifs is 2. The lowest BCUT2D eigenvalue weighted by molar-refractivity contribution is -0.133. The highest BCUT2D eigenvalue weighted by atomic mass is 16.5. The molecule has 1 heterocycles. The molecule has 1 spiro atoms. The van der Waals surface area contributed by atoms with E-state index in [9.17, 15) is 14.7 Å². The normalized spacial score (nSPS) is 21.4. The Balaban J connectivity index is 1.48. The highest BCUT2D eigenvalue weighted by Crippen LogP contribution is 2.41. The van der Waals surface area contributed by atoms with Crippen LogP contribution in [0.5, 0.6) is 11.5 Å². The van der Waals surface area contributed by atoms with E-state index in [1.807, 2.05) is 37.3 Å². The molecule has 3 amide bonds. The predicted molar refractivity (Wildman–Crippen MR) is 111 cm³/mol. The molecule has 4 rings (SSSR count). The Morgan fingerprint density at radius 1 is 1.20 bits per heavy atom. The number of β-amino-alcohol motifs (C(OH)–C–C–N with tert-alkyl or cyclic N) is 1. The molecule has 0 unspecified atom stereocenters. The highest BCUT2D eigenvalue weighted by molar-refractivity contribution is 6.07. The fourth-order valence-electron chi connectivity index (χ4n) is 4.30. The molecule has 0 aromatic heterocycles. The van der Waals surface area contributed by atoms with Gasteiger partial charge in [0.1, 0.15) is 29.7 Å². The number of carbonyl (C=O) groups is 2. The number of benzene rings is 2. The van der Waals surface area contributed by atoms with E-state index >= 15 is 0 Å². The SMILES string of the molecule is COc1ccc2c(c1)CCC[C@]21NC(=O)N(C[C@@H](O)COc2cccc(C)c2)C1=O. The number of aliphatic hydroxyl groups excluding tert-OH is 1. The maximum atomic E-state index is 13.3. The van der Waals surface area contributed by atoms with Gasteiger partial charge in [0, 0.05) is 0 Å². The molecule has 0 radical (unpaired) electrons. The number of rotatable bonds is 6. The minimum absolute atomic E-state index is 0.0126. The van der Waals surface area contributed by atoms with E-state index in [1.165, 1.54) is 0 Å². The molecule has 30 heavy (non-hydrogen) atoms. The summed E-state index contributed by atoms with van der Waals surface area (Å²) in [7, 11) is 1.60. The topological polar surface area (TPSA) is 88.1 Å². The fraction of sp³-hybridized carbons (Fsp3) is 0.391. The number of aliphatic hydroxyl groups is 1. The van der Waals surface area contributed by atoms with Gasteiger partial charge < -0.3 is 19.9 Å². The van der Waals surface area contributed by atoms with Gasteiger partial charge in [-0.25, -0.2) is 4.79 Å². The Bertz CT molecular complexity index is 976. The average Bonchev–Trinajstić information content (AvgIpc) is 2.97. The Hall–Kier alpha value is -3.06. The summed E-state index contributed by atoms with van der Waals surface area (Å²) in [6.07, 6.45) is 1.14. The van der Waals surface area contributed by atoms with Crippen molar-refractivity contribution < 1.29 is 24.2 Å². The third kappa shape index (κ3) is 3.61. The standard InChI is InChI=1S/C23H26N2O5/c1-15-5-3-7-19(11-15)30-14-17(26)13-25-21(27)23(24-22(25)28)10-4-6-16-12-18(29-2)8-9-20(16)23/h3,5,7-9,11-12,17,26H,4,6,10,13-14H2,1-2H3,(H,24,28)/t17-,23+/m1/s1. The molecule has 1 saturated heterocycles. The second-order valence-corrected chi connectivity index (χ2v) is 7.91. The van der Waals surface area contributed by atoms with Crippen LogP contribution in [0, 0.1) is 6.92 Å². The summed E-state index contributed by atoms with van der Waals surface area (Å²) < 4.78 is 10.9. The van der Waals surface area contributed by atoms with Crippen molar-refractivity contribution >= 4 is 11.9 Å². The average molecular weight is 410 g/mol. The molecular formula is C23H26N2O5. The van der Waals surface area contributed by atoms with Crippen LogP contribution in [0.15, 0.2) is 42.5 Å². The maximum Gasteiger partial charge on any atom is 0.325 e. The van der Waals surface area contributed by atoms with Crippen molar-refractivity contribution in [3.05, 3.63) is 59.2 Å². The number of methoxy groups -OCH3 is 1. The van der Waals surface area contributed by atoms with E-state index in [1.54, 1.807) is 19.2 Å². The number of hydrogen-bond donors (Lipinski definition) is 2. The molecule has 7 heteroatoms. The molecule has 0 bridgehead atoms. The van der Waals surface area contributed by atoms with Gasteiger partial charge in [0.25, 0.3) is 5.91 Å². The molecular weight excluding hydrogens is 384 g/mol. The third-order valence-electron chi connectivity index (χ3n) is 5.77. The van der Waals surface area contributed by atoms with Crippen LogP contribution in [0.3, 0.4) is 0 Å². The first kappa shape index (κ1) is 20.2. The van der Waals surface area contributed by atoms with Gasteiger partial charge in [-0.1, -0.05) is 18.2 Å². The first-order valence-electron chi connectivity index (χ1n) is 10.1. The number of nitrogens with zero attached hydrogens (tertiary/aromatic N) is 1. The lowest BCUT2D eigenvalue weighted by atomic mass is 9.76. The minimum Gasteiger partial charge on any atom is -0.497 e. The van der Waals surface area contributed by atoms with Crippen LogP contribution < -0.4 is 14.8 Å². The third-order valence-corrected chi connectivity index (χ3v) is 5.77. The van der Waals surface area contributed by atoms with Gasteiger partial charge >= 0.3 is 6.03 Å². The lowest BCUT2D eigenvalue weighted by Gasteiger charge is -2.33.